The van der Waals surface area contributed by atoms with Crippen molar-refractivity contribution in [2.45, 2.75) is 38.8 Å². The maximum absolute atomic E-state index is 12.7. The standard InChI is InChI=1S/C21H31N3O7/c1-6-31-21(27)24-9-7-15(8-10-24)23-19(25)13(2)22-20(26)14-11-16(28-3)18(30-5)17(12-14)29-4/h11-13,15H,6-10H2,1-5H3,(H,22,26)(H,23,25)/t13-/m0/s1. The average molecular weight is 437 g/mol. The molecule has 0 aliphatic carbocycles. The highest BCUT2D eigenvalue weighted by Crippen LogP contribution is 2.38. The molecule has 1 aliphatic heterocycles. The minimum absolute atomic E-state index is 0.0706. The zero-order valence-corrected chi connectivity index (χ0v) is 18.6. The first kappa shape index (κ1) is 24.1. The number of nitrogens with zero attached hydrogens (tertiary/aromatic N) is 1. The van der Waals surface area contributed by atoms with Crippen LogP contribution in [0.2, 0.25) is 0 Å². The topological polar surface area (TPSA) is 115 Å². The van der Waals surface area contributed by atoms with Gasteiger partial charge in [-0.2, -0.15) is 0 Å². The van der Waals surface area contributed by atoms with Gasteiger partial charge in [-0.25, -0.2) is 4.79 Å². The van der Waals surface area contributed by atoms with Gasteiger partial charge in [0.25, 0.3) is 5.91 Å². The first-order valence-corrected chi connectivity index (χ1v) is 10.2. The number of likely N-dealkylation sites (tertiary alicyclic amines) is 1. The summed E-state index contributed by atoms with van der Waals surface area (Å²) in [6.07, 6.45) is 0.911. The average Bonchev–Trinajstić information content (AvgIpc) is 2.78. The van der Waals surface area contributed by atoms with Gasteiger partial charge in [-0.3, -0.25) is 9.59 Å². The lowest BCUT2D eigenvalue weighted by atomic mass is 10.0. The Morgan fingerprint density at radius 1 is 1.06 bits per heavy atom. The Labute approximate surface area is 182 Å². The van der Waals surface area contributed by atoms with Crippen molar-refractivity contribution in [2.24, 2.45) is 0 Å². The lowest BCUT2D eigenvalue weighted by Gasteiger charge is -2.32. The van der Waals surface area contributed by atoms with Gasteiger partial charge in [0.1, 0.15) is 6.04 Å². The Kier molecular flexibility index (Phi) is 8.77. The molecule has 1 aliphatic rings. The fourth-order valence-corrected chi connectivity index (χ4v) is 3.31. The van der Waals surface area contributed by atoms with Crippen LogP contribution in [0.1, 0.15) is 37.0 Å². The summed E-state index contributed by atoms with van der Waals surface area (Å²) in [5.74, 6) is 0.325. The van der Waals surface area contributed by atoms with E-state index in [-0.39, 0.29) is 23.6 Å². The monoisotopic (exact) mass is 437 g/mol. The van der Waals surface area contributed by atoms with Crippen LogP contribution in [-0.4, -0.2) is 75.9 Å². The Morgan fingerprint density at radius 3 is 2.13 bits per heavy atom. The summed E-state index contributed by atoms with van der Waals surface area (Å²) in [6.45, 7) is 4.72. The molecule has 0 spiro atoms. The maximum atomic E-state index is 12.7. The van der Waals surface area contributed by atoms with Crippen molar-refractivity contribution in [2.75, 3.05) is 41.0 Å². The molecule has 1 atom stereocenters. The van der Waals surface area contributed by atoms with Crippen molar-refractivity contribution in [3.8, 4) is 17.2 Å². The first-order chi connectivity index (χ1) is 14.8. The van der Waals surface area contributed by atoms with E-state index in [0.29, 0.717) is 49.8 Å². The van der Waals surface area contributed by atoms with Gasteiger partial charge in [0.2, 0.25) is 11.7 Å². The van der Waals surface area contributed by atoms with Gasteiger partial charge in [0.15, 0.2) is 11.5 Å². The SMILES string of the molecule is CCOC(=O)N1CCC(NC(=O)[C@H](C)NC(=O)c2cc(OC)c(OC)c(OC)c2)CC1. The third-order valence-electron chi connectivity index (χ3n) is 5.04. The van der Waals surface area contributed by atoms with Crippen molar-refractivity contribution in [3.05, 3.63) is 17.7 Å². The van der Waals surface area contributed by atoms with E-state index in [1.54, 1.807) is 18.7 Å². The van der Waals surface area contributed by atoms with E-state index in [2.05, 4.69) is 10.6 Å². The molecule has 1 fully saturated rings. The molecule has 31 heavy (non-hydrogen) atoms. The number of rotatable bonds is 8. The van der Waals surface area contributed by atoms with Crippen LogP contribution in [0, 0.1) is 0 Å². The molecule has 0 bridgehead atoms. The van der Waals surface area contributed by atoms with Crippen molar-refractivity contribution in [3.63, 3.8) is 0 Å². The summed E-state index contributed by atoms with van der Waals surface area (Å²) in [7, 11) is 4.40. The van der Waals surface area contributed by atoms with Crippen LogP contribution >= 0.6 is 0 Å². The third-order valence-corrected chi connectivity index (χ3v) is 5.04. The van der Waals surface area contributed by atoms with Crippen LogP contribution in [0.5, 0.6) is 17.2 Å². The predicted molar refractivity (Wildman–Crippen MR) is 113 cm³/mol. The minimum Gasteiger partial charge on any atom is -0.493 e. The molecule has 172 valence electrons. The molecular formula is C21H31N3O7. The molecular weight excluding hydrogens is 406 g/mol. The molecule has 0 unspecified atom stereocenters. The molecule has 1 aromatic carbocycles. The molecule has 2 rings (SSSR count). The van der Waals surface area contributed by atoms with Crippen molar-refractivity contribution in [1.29, 1.82) is 0 Å². The Hall–Kier alpha value is -3.17. The van der Waals surface area contributed by atoms with E-state index in [0.717, 1.165) is 0 Å². The van der Waals surface area contributed by atoms with Crippen LogP contribution in [-0.2, 0) is 9.53 Å². The van der Waals surface area contributed by atoms with Gasteiger partial charge < -0.3 is 34.5 Å². The minimum atomic E-state index is -0.755. The van der Waals surface area contributed by atoms with Crippen LogP contribution in [0.3, 0.4) is 0 Å². The van der Waals surface area contributed by atoms with Gasteiger partial charge in [-0.05, 0) is 38.8 Å². The highest BCUT2D eigenvalue weighted by Gasteiger charge is 2.27. The Bertz CT molecular complexity index is 766. The van der Waals surface area contributed by atoms with Crippen molar-refractivity contribution >= 4 is 17.9 Å². The van der Waals surface area contributed by atoms with E-state index in [1.807, 2.05) is 0 Å². The molecule has 10 nitrogen and oxygen atoms in total. The van der Waals surface area contributed by atoms with Crippen LogP contribution in [0.15, 0.2) is 12.1 Å². The predicted octanol–water partition coefficient (Wildman–Crippen LogP) is 1.57. The molecule has 0 radical (unpaired) electrons. The van der Waals surface area contributed by atoms with E-state index in [9.17, 15) is 14.4 Å². The van der Waals surface area contributed by atoms with Crippen LogP contribution in [0.25, 0.3) is 0 Å². The zero-order valence-electron chi connectivity index (χ0n) is 18.6. The number of hydrogen-bond acceptors (Lipinski definition) is 7. The van der Waals surface area contributed by atoms with Gasteiger partial charge in [0.05, 0.1) is 27.9 Å². The normalized spacial score (nSPS) is 14.9. The first-order valence-electron chi connectivity index (χ1n) is 10.2. The van der Waals surface area contributed by atoms with Crippen molar-refractivity contribution in [1.82, 2.24) is 15.5 Å². The fraction of sp³-hybridized carbons (Fsp3) is 0.571. The lowest BCUT2D eigenvalue weighted by Crippen LogP contribution is -2.51. The largest absolute Gasteiger partial charge is 0.493 e. The Morgan fingerprint density at radius 2 is 1.65 bits per heavy atom. The number of carbonyl (C=O) groups excluding carboxylic acids is 3. The summed E-state index contributed by atoms with van der Waals surface area (Å²) < 4.78 is 20.8. The van der Waals surface area contributed by atoms with E-state index in [4.69, 9.17) is 18.9 Å². The molecule has 1 heterocycles. The number of nitrogens with one attached hydrogen (secondary N) is 2. The summed E-state index contributed by atoms with van der Waals surface area (Å²) in [6, 6.07) is 2.21. The molecule has 1 aromatic rings. The summed E-state index contributed by atoms with van der Waals surface area (Å²) in [5.41, 5.74) is 0.275. The summed E-state index contributed by atoms with van der Waals surface area (Å²) in [4.78, 5) is 38.6. The zero-order chi connectivity index (χ0) is 23.0. The second-order valence-electron chi connectivity index (χ2n) is 7.08. The number of benzene rings is 1. The van der Waals surface area contributed by atoms with E-state index < -0.39 is 11.9 Å². The quantitative estimate of drug-likeness (QED) is 0.634. The van der Waals surface area contributed by atoms with Gasteiger partial charge in [-0.15, -0.1) is 0 Å². The van der Waals surface area contributed by atoms with Crippen LogP contribution < -0.4 is 24.8 Å². The Balaban J connectivity index is 1.93. The molecule has 10 heteroatoms. The van der Waals surface area contributed by atoms with Crippen molar-refractivity contribution < 1.29 is 33.3 Å². The molecule has 3 amide bonds. The number of ether oxygens (including phenoxy) is 4. The highest BCUT2D eigenvalue weighted by molar-refractivity contribution is 5.98. The lowest BCUT2D eigenvalue weighted by molar-refractivity contribution is -0.123. The van der Waals surface area contributed by atoms with Gasteiger partial charge >= 0.3 is 6.09 Å². The highest BCUT2D eigenvalue weighted by atomic mass is 16.6. The molecule has 0 saturated carbocycles. The van der Waals surface area contributed by atoms with Gasteiger partial charge in [-0.1, -0.05) is 0 Å². The number of piperidine rings is 1. The third kappa shape index (κ3) is 6.16. The molecule has 0 aromatic heterocycles. The summed E-state index contributed by atoms with van der Waals surface area (Å²) >= 11 is 0. The van der Waals surface area contributed by atoms with Gasteiger partial charge in [0, 0.05) is 24.7 Å². The maximum Gasteiger partial charge on any atom is 0.409 e. The van der Waals surface area contributed by atoms with Crippen LogP contribution in [0.4, 0.5) is 4.79 Å². The fourth-order valence-electron chi connectivity index (χ4n) is 3.31. The molecule has 1 saturated heterocycles. The smallest absolute Gasteiger partial charge is 0.409 e. The van der Waals surface area contributed by atoms with E-state index >= 15 is 0 Å². The number of carbonyl (C=O) groups is 3. The van der Waals surface area contributed by atoms with E-state index in [1.165, 1.54) is 33.5 Å². The molecule has 2 N–H and O–H groups in total. The second kappa shape index (κ2) is 11.3. The summed E-state index contributed by atoms with van der Waals surface area (Å²) in [5, 5.41) is 5.61. The number of methoxy groups -OCH3 is 3. The number of amides is 3. The number of hydrogen-bond donors (Lipinski definition) is 2. The second-order valence-corrected chi connectivity index (χ2v) is 7.08.